The summed E-state index contributed by atoms with van der Waals surface area (Å²) >= 11 is 1.69. The quantitative estimate of drug-likeness (QED) is 0.854. The Morgan fingerprint density at radius 2 is 2.32 bits per heavy atom. The highest BCUT2D eigenvalue weighted by Crippen LogP contribution is 2.24. The highest BCUT2D eigenvalue weighted by Gasteiger charge is 2.04. The van der Waals surface area contributed by atoms with E-state index in [4.69, 9.17) is 5.73 Å². The molecule has 1 heterocycles. The summed E-state index contributed by atoms with van der Waals surface area (Å²) in [6.07, 6.45) is 6.98. The van der Waals surface area contributed by atoms with E-state index in [1.165, 1.54) is 11.0 Å². The number of halogens is 1. The summed E-state index contributed by atoms with van der Waals surface area (Å²) in [6, 6.07) is 8.18. The van der Waals surface area contributed by atoms with Crippen LogP contribution in [-0.2, 0) is 6.54 Å². The molecule has 0 spiro atoms. The lowest BCUT2D eigenvalue weighted by Crippen LogP contribution is -2.01. The zero-order valence-corrected chi connectivity index (χ0v) is 11.5. The van der Waals surface area contributed by atoms with Gasteiger partial charge in [-0.25, -0.2) is 4.39 Å². The largest absolute Gasteiger partial charge is 0.327 e. The van der Waals surface area contributed by atoms with Gasteiger partial charge in [-0.05, 0) is 30.0 Å². The van der Waals surface area contributed by atoms with Crippen LogP contribution in [0.1, 0.15) is 0 Å². The number of aromatic nitrogens is 2. The number of nitrogens with zero attached hydrogens (tertiary/aromatic N) is 2. The standard InChI is InChI=1S/C14H16FN3S/c1-19-14-4-2-3-11(7-14)12-8-17-18(9-12)10-13(15)5-6-16/h2-5,7-9H,6,10,16H2,1H3/b13-5-. The zero-order chi connectivity index (χ0) is 13.7. The monoisotopic (exact) mass is 277 g/mol. The first kappa shape index (κ1) is 13.8. The van der Waals surface area contributed by atoms with Gasteiger partial charge in [-0.2, -0.15) is 5.10 Å². The number of rotatable bonds is 5. The summed E-state index contributed by atoms with van der Waals surface area (Å²) in [5.41, 5.74) is 7.33. The van der Waals surface area contributed by atoms with E-state index < -0.39 is 0 Å². The molecule has 0 amide bonds. The molecule has 19 heavy (non-hydrogen) atoms. The maximum absolute atomic E-state index is 13.3. The van der Waals surface area contributed by atoms with E-state index in [9.17, 15) is 4.39 Å². The molecule has 0 unspecified atom stereocenters. The van der Waals surface area contributed by atoms with Crippen LogP contribution in [0.25, 0.3) is 11.1 Å². The summed E-state index contributed by atoms with van der Waals surface area (Å²) in [7, 11) is 0. The van der Waals surface area contributed by atoms with Crippen molar-refractivity contribution in [2.45, 2.75) is 11.4 Å². The van der Waals surface area contributed by atoms with Gasteiger partial charge in [-0.3, -0.25) is 4.68 Å². The van der Waals surface area contributed by atoms with Crippen LogP contribution >= 0.6 is 11.8 Å². The number of hydrogen-bond donors (Lipinski definition) is 1. The molecule has 0 atom stereocenters. The van der Waals surface area contributed by atoms with Gasteiger partial charge in [0, 0.05) is 23.2 Å². The summed E-state index contributed by atoms with van der Waals surface area (Å²) in [5.74, 6) is -0.269. The molecule has 0 bridgehead atoms. The minimum atomic E-state index is -0.269. The second-order valence-electron chi connectivity index (χ2n) is 4.05. The van der Waals surface area contributed by atoms with Gasteiger partial charge >= 0.3 is 0 Å². The Bertz CT molecular complexity index is 578. The fourth-order valence-electron chi connectivity index (χ4n) is 1.75. The maximum Gasteiger partial charge on any atom is 0.119 e. The highest BCUT2D eigenvalue weighted by atomic mass is 32.2. The highest BCUT2D eigenvalue weighted by molar-refractivity contribution is 7.98. The summed E-state index contributed by atoms with van der Waals surface area (Å²) in [4.78, 5) is 1.19. The van der Waals surface area contributed by atoms with Crippen molar-refractivity contribution in [1.82, 2.24) is 9.78 Å². The molecule has 100 valence electrons. The van der Waals surface area contributed by atoms with E-state index in [2.05, 4.69) is 17.2 Å². The maximum atomic E-state index is 13.3. The molecule has 0 aliphatic heterocycles. The van der Waals surface area contributed by atoms with Crippen molar-refractivity contribution in [2.75, 3.05) is 12.8 Å². The zero-order valence-electron chi connectivity index (χ0n) is 10.7. The first-order valence-electron chi connectivity index (χ1n) is 5.94. The minimum absolute atomic E-state index is 0.124. The predicted molar refractivity (Wildman–Crippen MR) is 77.7 cm³/mol. The Labute approximate surface area is 116 Å². The molecule has 2 rings (SSSR count). The van der Waals surface area contributed by atoms with Crippen molar-refractivity contribution < 1.29 is 4.39 Å². The predicted octanol–water partition coefficient (Wildman–Crippen LogP) is 3.08. The number of benzene rings is 1. The van der Waals surface area contributed by atoms with E-state index >= 15 is 0 Å². The van der Waals surface area contributed by atoms with E-state index in [0.29, 0.717) is 0 Å². The van der Waals surface area contributed by atoms with Crippen molar-refractivity contribution >= 4 is 11.8 Å². The lowest BCUT2D eigenvalue weighted by molar-refractivity contribution is 0.525. The fourth-order valence-corrected chi connectivity index (χ4v) is 2.21. The molecule has 0 saturated carbocycles. The van der Waals surface area contributed by atoms with Crippen LogP contribution < -0.4 is 5.73 Å². The van der Waals surface area contributed by atoms with Gasteiger partial charge in [0.1, 0.15) is 5.83 Å². The van der Waals surface area contributed by atoms with Crippen molar-refractivity contribution in [3.8, 4) is 11.1 Å². The SMILES string of the molecule is CSc1cccc(-c2cnn(C/C(F)=C/CN)c2)c1. The third kappa shape index (κ3) is 3.68. The molecule has 0 aliphatic carbocycles. The third-order valence-electron chi connectivity index (χ3n) is 2.69. The Morgan fingerprint density at radius 3 is 3.05 bits per heavy atom. The van der Waals surface area contributed by atoms with Gasteiger partial charge < -0.3 is 5.73 Å². The Kier molecular flexibility index (Phi) is 4.76. The average molecular weight is 277 g/mol. The van der Waals surface area contributed by atoms with Crippen LogP contribution in [-0.4, -0.2) is 22.6 Å². The van der Waals surface area contributed by atoms with E-state index in [1.807, 2.05) is 24.6 Å². The molecule has 0 fully saturated rings. The second kappa shape index (κ2) is 6.54. The molecule has 3 nitrogen and oxygen atoms in total. The molecule has 0 aliphatic rings. The van der Waals surface area contributed by atoms with E-state index in [0.717, 1.165) is 11.1 Å². The average Bonchev–Trinajstić information content (AvgIpc) is 2.87. The lowest BCUT2D eigenvalue weighted by atomic mass is 10.1. The van der Waals surface area contributed by atoms with Crippen LogP contribution in [0, 0.1) is 0 Å². The second-order valence-corrected chi connectivity index (χ2v) is 4.92. The first-order chi connectivity index (χ1) is 9.22. The smallest absolute Gasteiger partial charge is 0.119 e. The topological polar surface area (TPSA) is 43.8 Å². The summed E-state index contributed by atoms with van der Waals surface area (Å²) in [5, 5.41) is 4.16. The van der Waals surface area contributed by atoms with Crippen molar-refractivity contribution in [3.05, 3.63) is 48.6 Å². The molecule has 2 N–H and O–H groups in total. The number of nitrogens with two attached hydrogens (primary N) is 1. The van der Waals surface area contributed by atoms with Crippen molar-refractivity contribution in [2.24, 2.45) is 5.73 Å². The van der Waals surface area contributed by atoms with Gasteiger partial charge in [0.2, 0.25) is 0 Å². The molecule has 0 radical (unpaired) electrons. The summed E-state index contributed by atoms with van der Waals surface area (Å²) in [6.45, 7) is 0.329. The molecular formula is C14H16FN3S. The lowest BCUT2D eigenvalue weighted by Gasteiger charge is -2.00. The van der Waals surface area contributed by atoms with Crippen LogP contribution in [0.15, 0.2) is 53.5 Å². The van der Waals surface area contributed by atoms with Crippen LogP contribution in [0.5, 0.6) is 0 Å². The van der Waals surface area contributed by atoms with Crippen LogP contribution in [0.2, 0.25) is 0 Å². The summed E-state index contributed by atoms with van der Waals surface area (Å²) < 4.78 is 14.9. The number of thioether (sulfide) groups is 1. The molecule has 5 heteroatoms. The van der Waals surface area contributed by atoms with Crippen LogP contribution in [0.3, 0.4) is 0 Å². The number of hydrogen-bond acceptors (Lipinski definition) is 3. The molecular weight excluding hydrogens is 261 g/mol. The van der Waals surface area contributed by atoms with Crippen molar-refractivity contribution in [3.63, 3.8) is 0 Å². The van der Waals surface area contributed by atoms with Gasteiger partial charge in [-0.1, -0.05) is 12.1 Å². The minimum Gasteiger partial charge on any atom is -0.327 e. The van der Waals surface area contributed by atoms with Gasteiger partial charge in [0.15, 0.2) is 0 Å². The first-order valence-corrected chi connectivity index (χ1v) is 7.17. The Hall–Kier alpha value is -1.59. The van der Waals surface area contributed by atoms with Crippen LogP contribution in [0.4, 0.5) is 4.39 Å². The Morgan fingerprint density at radius 1 is 1.47 bits per heavy atom. The van der Waals surface area contributed by atoms with E-state index in [1.54, 1.807) is 22.6 Å². The van der Waals surface area contributed by atoms with Crippen molar-refractivity contribution in [1.29, 1.82) is 0 Å². The van der Waals surface area contributed by atoms with Gasteiger partial charge in [0.05, 0.1) is 12.7 Å². The molecule has 2 aromatic rings. The molecule has 0 saturated heterocycles. The normalized spacial score (nSPS) is 11.8. The number of allylic oxidation sites excluding steroid dienone is 1. The third-order valence-corrected chi connectivity index (χ3v) is 3.41. The van der Waals surface area contributed by atoms with Gasteiger partial charge in [0.25, 0.3) is 0 Å². The van der Waals surface area contributed by atoms with E-state index in [-0.39, 0.29) is 18.9 Å². The van der Waals surface area contributed by atoms with Gasteiger partial charge in [-0.15, -0.1) is 11.8 Å². The Balaban J connectivity index is 2.18. The fraction of sp³-hybridized carbons (Fsp3) is 0.214. The molecule has 1 aromatic heterocycles. The molecule has 1 aromatic carbocycles.